The molecule has 0 fully saturated rings. The molecule has 6 heteroatoms. The Morgan fingerprint density at radius 2 is 1.38 bits per heavy atom. The van der Waals surface area contributed by atoms with Crippen molar-refractivity contribution in [1.82, 2.24) is 14.1 Å². The van der Waals surface area contributed by atoms with Crippen LogP contribution >= 0.6 is 0 Å². The van der Waals surface area contributed by atoms with Gasteiger partial charge in [-0.15, -0.1) is 29.7 Å². The monoisotopic (exact) mass is 1010 g/mol. The van der Waals surface area contributed by atoms with Gasteiger partial charge in [0.15, 0.2) is 0 Å². The van der Waals surface area contributed by atoms with Gasteiger partial charge in [-0.2, -0.15) is 18.2 Å². The van der Waals surface area contributed by atoms with Gasteiger partial charge in [-0.05, 0) is 90.8 Å². The van der Waals surface area contributed by atoms with E-state index in [1.165, 1.54) is 0 Å². The van der Waals surface area contributed by atoms with Gasteiger partial charge >= 0.3 is 0 Å². The zero-order chi connectivity index (χ0) is 49.5. The van der Waals surface area contributed by atoms with Crippen LogP contribution in [-0.2, 0) is 38.3 Å². The Kier molecular flexibility index (Phi) is 9.52. The molecule has 0 aliphatic rings. The summed E-state index contributed by atoms with van der Waals surface area (Å²) in [5, 5.41) is 1.94. The van der Waals surface area contributed by atoms with Crippen LogP contribution in [0.1, 0.15) is 88.6 Å². The fourth-order valence-corrected chi connectivity index (χ4v) is 7.82. The second-order valence-electron chi connectivity index (χ2n) is 18.9. The quantitative estimate of drug-likeness (QED) is 0.112. The molecule has 0 saturated heterocycles. The van der Waals surface area contributed by atoms with E-state index in [2.05, 4.69) is 84.3 Å². The predicted molar refractivity (Wildman–Crippen MR) is 254 cm³/mol. The molecule has 0 amide bonds. The number of benzene rings is 6. The average Bonchev–Trinajstić information content (AvgIpc) is 3.93. The van der Waals surface area contributed by atoms with E-state index >= 15 is 0 Å². The molecule has 0 saturated carbocycles. The average molecular weight is 1010 g/mol. The first-order chi connectivity index (χ1) is 32.4. The molecule has 3 heterocycles. The topological polar surface area (TPSA) is 35.9 Å². The van der Waals surface area contributed by atoms with Crippen LogP contribution in [0.15, 0.2) is 152 Å². The van der Waals surface area contributed by atoms with Crippen LogP contribution in [0.5, 0.6) is 11.5 Å². The minimum atomic E-state index is -1.62. The Balaban J connectivity index is 0.00000659. The number of hydrogen-bond donors (Lipinski definition) is 0. The molecule has 3 aromatic heterocycles. The Bertz CT molecular complexity index is 3420. The van der Waals surface area contributed by atoms with Gasteiger partial charge in [0.25, 0.3) is 6.33 Å². The summed E-state index contributed by atoms with van der Waals surface area (Å²) in [4.78, 5) is 4.73. The molecule has 320 valence electrons. The van der Waals surface area contributed by atoms with Gasteiger partial charge in [0.05, 0.1) is 12.5 Å². The summed E-state index contributed by atoms with van der Waals surface area (Å²) in [6.45, 7) is 18.8. The van der Waals surface area contributed by atoms with E-state index in [0.717, 1.165) is 44.1 Å². The van der Waals surface area contributed by atoms with E-state index in [1.807, 2.05) is 109 Å². The number of ether oxygens (including phenoxy) is 1. The fraction of sp³-hybridized carbons (Fsp3) is 0.228. The minimum Gasteiger partial charge on any atom is -0.510 e. The molecular formula is C57H54N4OPt-2. The summed E-state index contributed by atoms with van der Waals surface area (Å²) in [5.74, 6) is 1.43. The SMILES string of the molecule is [2H]c1c([2H])c([2H])c(-c2cccc(-c3cc(C(C)(C)C)cc(C(C)(C)C)c3)c2-[n+]2[c-]n(-c3[c-]c(Oc4[c-]c5c(cc4)c4ccccc4n5-c4cc(C([2H])([2H])C(C)(C)C)ccn4)ccc3)cc2)c([2H])c1[2H].[Pt]. The molecule has 9 aromatic rings. The van der Waals surface area contributed by atoms with Crippen LogP contribution in [0.3, 0.4) is 0 Å². The third kappa shape index (κ3) is 9.08. The first-order valence-electron chi connectivity index (χ1n) is 24.5. The van der Waals surface area contributed by atoms with Gasteiger partial charge in [0.1, 0.15) is 5.82 Å². The van der Waals surface area contributed by atoms with Crippen LogP contribution in [0, 0.1) is 23.9 Å². The summed E-state index contributed by atoms with van der Waals surface area (Å²) in [6, 6.07) is 38.3. The Morgan fingerprint density at radius 3 is 2.10 bits per heavy atom. The molecule has 0 atom stereocenters. The molecule has 6 aromatic carbocycles. The van der Waals surface area contributed by atoms with Crippen molar-refractivity contribution in [2.75, 3.05) is 0 Å². The summed E-state index contributed by atoms with van der Waals surface area (Å²) in [7, 11) is 0. The van der Waals surface area contributed by atoms with Crippen molar-refractivity contribution in [2.45, 2.75) is 79.5 Å². The van der Waals surface area contributed by atoms with Gasteiger partial charge in [0, 0.05) is 59.4 Å². The van der Waals surface area contributed by atoms with Crippen LogP contribution in [0.4, 0.5) is 0 Å². The maximum atomic E-state index is 9.04. The second kappa shape index (κ2) is 16.9. The molecule has 0 bridgehead atoms. The van der Waals surface area contributed by atoms with Crippen LogP contribution in [0.25, 0.3) is 61.3 Å². The molecule has 0 aliphatic carbocycles. The van der Waals surface area contributed by atoms with E-state index in [9.17, 15) is 0 Å². The summed E-state index contributed by atoms with van der Waals surface area (Å²) in [6.07, 6.45) is 7.17. The van der Waals surface area contributed by atoms with E-state index in [1.54, 1.807) is 22.9 Å². The largest absolute Gasteiger partial charge is 0.510 e. The first kappa shape index (κ1) is 35.4. The number of pyridine rings is 1. The number of nitrogens with zero attached hydrogens (tertiary/aromatic N) is 4. The van der Waals surface area contributed by atoms with Crippen molar-refractivity contribution >= 4 is 21.8 Å². The molecule has 5 nitrogen and oxygen atoms in total. The van der Waals surface area contributed by atoms with Crippen LogP contribution in [0.2, 0.25) is 0 Å². The van der Waals surface area contributed by atoms with Crippen molar-refractivity contribution in [3.63, 3.8) is 0 Å². The molecule has 0 radical (unpaired) electrons. The normalized spacial score (nSPS) is 14.0. The summed E-state index contributed by atoms with van der Waals surface area (Å²) >= 11 is 0. The van der Waals surface area contributed by atoms with E-state index in [4.69, 9.17) is 19.3 Å². The van der Waals surface area contributed by atoms with Crippen molar-refractivity contribution < 1.29 is 40.0 Å². The number of aromatic nitrogens is 4. The standard InChI is InChI=1S/C57H54N4O.Pt/c1-55(2,3)37-39-27-28-58-53(31-39)61-51-24-14-13-21-49(51)50-26-25-46(36-52(50)61)62-45-20-15-19-44(35-45)59-29-30-60(38-59)54-47(40-17-11-10-12-18-40)22-16-23-48(54)41-32-42(56(4,5)6)34-43(33-41)57(7,8)9;/h10-34H,37H2,1-9H3;/q-2;/i10D,11D,12D,17D,18D,37D2;. The van der Waals surface area contributed by atoms with E-state index in [-0.39, 0.29) is 49.5 Å². The smallest absolute Gasteiger partial charge is 0.267 e. The number of hydrogen-bond acceptors (Lipinski definition) is 2. The zero-order valence-corrected chi connectivity index (χ0v) is 39.3. The van der Waals surface area contributed by atoms with Gasteiger partial charge in [-0.25, -0.2) is 4.98 Å². The first-order valence-corrected chi connectivity index (χ1v) is 21.0. The van der Waals surface area contributed by atoms with Crippen LogP contribution in [-0.4, -0.2) is 14.1 Å². The van der Waals surface area contributed by atoms with Crippen molar-refractivity contribution in [1.29, 1.82) is 0 Å². The molecular weight excluding hydrogens is 952 g/mol. The van der Waals surface area contributed by atoms with Gasteiger partial charge < -0.3 is 13.9 Å². The van der Waals surface area contributed by atoms with Crippen molar-refractivity contribution in [3.8, 4) is 50.9 Å². The maximum Gasteiger partial charge on any atom is 0.267 e. The third-order valence-electron chi connectivity index (χ3n) is 10.9. The Morgan fingerprint density at radius 1 is 0.698 bits per heavy atom. The molecule has 9 rings (SSSR count). The third-order valence-corrected chi connectivity index (χ3v) is 10.9. The second-order valence-corrected chi connectivity index (χ2v) is 18.9. The Hall–Kier alpha value is -6.03. The van der Waals surface area contributed by atoms with Crippen molar-refractivity contribution in [2.24, 2.45) is 5.41 Å². The van der Waals surface area contributed by atoms with Gasteiger partial charge in [-0.1, -0.05) is 153 Å². The summed E-state index contributed by atoms with van der Waals surface area (Å²) in [5.41, 5.74) is 6.93. The van der Waals surface area contributed by atoms with Gasteiger partial charge in [0.2, 0.25) is 0 Å². The zero-order valence-electron chi connectivity index (χ0n) is 44.1. The number of para-hydroxylation sites is 2. The maximum absolute atomic E-state index is 9.04. The van der Waals surface area contributed by atoms with E-state index < -0.39 is 29.9 Å². The van der Waals surface area contributed by atoms with Crippen LogP contribution < -0.4 is 9.30 Å². The minimum absolute atomic E-state index is 0. The van der Waals surface area contributed by atoms with Gasteiger partial charge in [-0.3, -0.25) is 4.57 Å². The molecule has 0 aliphatic heterocycles. The molecule has 0 N–H and O–H groups in total. The number of fused-ring (bicyclic) bond motifs is 3. The molecule has 0 spiro atoms. The number of rotatable bonds is 8. The van der Waals surface area contributed by atoms with E-state index in [0.29, 0.717) is 39.8 Å². The van der Waals surface area contributed by atoms with Crippen molar-refractivity contribution in [3.05, 3.63) is 187 Å². The predicted octanol–water partition coefficient (Wildman–Crippen LogP) is 14.0. The Labute approximate surface area is 397 Å². The molecule has 63 heavy (non-hydrogen) atoms. The molecule has 0 unspecified atom stereocenters. The number of imidazole rings is 1. The summed E-state index contributed by atoms with van der Waals surface area (Å²) < 4.78 is 73.7. The fourth-order valence-electron chi connectivity index (χ4n) is 7.82.